The maximum absolute atomic E-state index is 12.7. The van der Waals surface area contributed by atoms with Gasteiger partial charge in [0.25, 0.3) is 5.91 Å². The molecule has 0 spiro atoms. The van der Waals surface area contributed by atoms with Gasteiger partial charge >= 0.3 is 6.18 Å². The molecule has 2 aromatic rings. The van der Waals surface area contributed by atoms with Crippen molar-refractivity contribution in [1.29, 1.82) is 0 Å². The van der Waals surface area contributed by atoms with Gasteiger partial charge in [0.2, 0.25) is 0 Å². The van der Waals surface area contributed by atoms with Crippen molar-refractivity contribution in [2.24, 2.45) is 0 Å². The van der Waals surface area contributed by atoms with Crippen molar-refractivity contribution in [2.75, 3.05) is 5.32 Å². The van der Waals surface area contributed by atoms with E-state index in [9.17, 15) is 18.0 Å². The predicted octanol–water partition coefficient (Wildman–Crippen LogP) is 4.51. The Morgan fingerprint density at radius 1 is 1.09 bits per heavy atom. The Bertz CT molecular complexity index is 791. The van der Waals surface area contributed by atoms with E-state index in [0.29, 0.717) is 22.4 Å². The number of hydrogen-bond acceptors (Lipinski definition) is 1. The van der Waals surface area contributed by atoms with Crippen LogP contribution in [0.5, 0.6) is 0 Å². The van der Waals surface area contributed by atoms with Crippen LogP contribution in [0.2, 0.25) is 0 Å². The van der Waals surface area contributed by atoms with Crippen LogP contribution in [0.15, 0.2) is 42.5 Å². The Balaban J connectivity index is 2.05. The lowest BCUT2D eigenvalue weighted by Gasteiger charge is -2.07. The van der Waals surface area contributed by atoms with Crippen LogP contribution < -0.4 is 5.32 Å². The number of halogens is 3. The summed E-state index contributed by atoms with van der Waals surface area (Å²) in [5.74, 6) is -0.307. The summed E-state index contributed by atoms with van der Waals surface area (Å²) in [7, 11) is 0. The van der Waals surface area contributed by atoms with Crippen molar-refractivity contribution in [2.45, 2.75) is 13.1 Å². The summed E-state index contributed by atoms with van der Waals surface area (Å²) in [6.07, 6.45) is -2.92. The highest BCUT2D eigenvalue weighted by molar-refractivity contribution is 6.34. The number of amides is 1. The van der Waals surface area contributed by atoms with Crippen molar-refractivity contribution in [1.82, 2.24) is 0 Å². The van der Waals surface area contributed by atoms with Crippen LogP contribution in [-0.4, -0.2) is 5.91 Å². The van der Waals surface area contributed by atoms with Crippen LogP contribution in [0.25, 0.3) is 11.6 Å². The number of carbonyl (C=O) groups is 1. The van der Waals surface area contributed by atoms with E-state index < -0.39 is 11.7 Å². The van der Waals surface area contributed by atoms with Crippen molar-refractivity contribution >= 4 is 23.2 Å². The zero-order chi connectivity index (χ0) is 15.9. The van der Waals surface area contributed by atoms with Crippen LogP contribution in [-0.2, 0) is 11.0 Å². The highest BCUT2D eigenvalue weighted by atomic mass is 19.4. The molecule has 2 aromatic carbocycles. The molecule has 22 heavy (non-hydrogen) atoms. The van der Waals surface area contributed by atoms with E-state index in [4.69, 9.17) is 0 Å². The van der Waals surface area contributed by atoms with Crippen molar-refractivity contribution in [3.63, 3.8) is 0 Å². The van der Waals surface area contributed by atoms with Crippen molar-refractivity contribution in [3.8, 4) is 0 Å². The molecule has 0 atom stereocenters. The molecular weight excluding hydrogens is 291 g/mol. The second-order valence-electron chi connectivity index (χ2n) is 5.18. The molecule has 0 radical (unpaired) electrons. The number of fused-ring (bicyclic) bond motifs is 1. The maximum atomic E-state index is 12.7. The normalized spacial score (nSPS) is 15.8. The fourth-order valence-electron chi connectivity index (χ4n) is 2.42. The van der Waals surface area contributed by atoms with Gasteiger partial charge in [0.05, 0.1) is 5.56 Å². The van der Waals surface area contributed by atoms with Gasteiger partial charge in [-0.1, -0.05) is 24.3 Å². The van der Waals surface area contributed by atoms with Gasteiger partial charge < -0.3 is 5.32 Å². The SMILES string of the molecule is Cc1ccc2c(c1)NC(=O)C2=Cc1cccc(C(F)(F)F)c1. The number of anilines is 1. The molecule has 3 rings (SSSR count). The average molecular weight is 303 g/mol. The Labute approximate surface area is 125 Å². The zero-order valence-corrected chi connectivity index (χ0v) is 11.7. The average Bonchev–Trinajstić information content (AvgIpc) is 2.74. The molecule has 1 N–H and O–H groups in total. The van der Waals surface area contributed by atoms with Gasteiger partial charge in [-0.2, -0.15) is 13.2 Å². The molecule has 0 aliphatic carbocycles. The monoisotopic (exact) mass is 303 g/mol. The standard InChI is InChI=1S/C17H12F3NO/c1-10-5-6-13-14(16(22)21-15(13)7-10)9-11-3-2-4-12(8-11)17(18,19)20/h2-9H,1H3,(H,21,22). The largest absolute Gasteiger partial charge is 0.416 e. The molecule has 0 saturated carbocycles. The van der Waals surface area contributed by atoms with E-state index in [0.717, 1.165) is 17.7 Å². The summed E-state index contributed by atoms with van der Waals surface area (Å²) < 4.78 is 38.2. The Morgan fingerprint density at radius 2 is 1.86 bits per heavy atom. The first-order valence-electron chi connectivity index (χ1n) is 6.66. The van der Waals surface area contributed by atoms with Crippen LogP contribution in [0.4, 0.5) is 18.9 Å². The van der Waals surface area contributed by atoms with E-state index in [-0.39, 0.29) is 5.91 Å². The molecule has 1 amide bonds. The van der Waals surface area contributed by atoms with Crippen molar-refractivity contribution in [3.05, 3.63) is 64.7 Å². The number of hydrogen-bond donors (Lipinski definition) is 1. The third kappa shape index (κ3) is 2.62. The minimum Gasteiger partial charge on any atom is -0.321 e. The summed E-state index contributed by atoms with van der Waals surface area (Å²) in [5, 5.41) is 2.72. The fraction of sp³-hybridized carbons (Fsp3) is 0.118. The zero-order valence-electron chi connectivity index (χ0n) is 11.7. The fourth-order valence-corrected chi connectivity index (χ4v) is 2.42. The van der Waals surface area contributed by atoms with Gasteiger partial charge in [0, 0.05) is 16.8 Å². The van der Waals surface area contributed by atoms with Gasteiger partial charge in [0.1, 0.15) is 0 Å². The van der Waals surface area contributed by atoms with E-state index >= 15 is 0 Å². The molecule has 0 unspecified atom stereocenters. The quantitative estimate of drug-likeness (QED) is 0.772. The first-order chi connectivity index (χ1) is 10.3. The highest BCUT2D eigenvalue weighted by Gasteiger charge is 2.30. The van der Waals surface area contributed by atoms with Crippen LogP contribution in [0, 0.1) is 6.92 Å². The Hall–Kier alpha value is -2.56. The van der Waals surface area contributed by atoms with Gasteiger partial charge in [-0.25, -0.2) is 0 Å². The highest BCUT2D eigenvalue weighted by Crippen LogP contribution is 2.35. The summed E-state index contributed by atoms with van der Waals surface area (Å²) >= 11 is 0. The van der Waals surface area contributed by atoms with Crippen molar-refractivity contribution < 1.29 is 18.0 Å². The first kappa shape index (κ1) is 14.4. The number of carbonyl (C=O) groups excluding carboxylic acids is 1. The van der Waals surface area contributed by atoms with E-state index in [1.165, 1.54) is 12.1 Å². The molecule has 1 aliphatic heterocycles. The molecule has 1 aliphatic rings. The third-order valence-electron chi connectivity index (χ3n) is 3.48. The Kier molecular flexibility index (Phi) is 3.28. The predicted molar refractivity (Wildman–Crippen MR) is 79.1 cm³/mol. The lowest BCUT2D eigenvalue weighted by molar-refractivity contribution is -0.137. The summed E-state index contributed by atoms with van der Waals surface area (Å²) in [6.45, 7) is 1.90. The van der Waals surface area contributed by atoms with E-state index in [1.54, 1.807) is 12.1 Å². The lowest BCUT2D eigenvalue weighted by atomic mass is 10.0. The van der Waals surface area contributed by atoms with Gasteiger partial charge in [-0.15, -0.1) is 0 Å². The van der Waals surface area contributed by atoms with Gasteiger partial charge in [-0.05, 0) is 42.3 Å². The molecular formula is C17H12F3NO. The number of rotatable bonds is 1. The van der Waals surface area contributed by atoms with E-state index in [1.807, 2.05) is 19.1 Å². The molecule has 0 fully saturated rings. The third-order valence-corrected chi connectivity index (χ3v) is 3.48. The second kappa shape index (κ2) is 5.02. The summed E-state index contributed by atoms with van der Waals surface area (Å²) in [6, 6.07) is 10.4. The molecule has 0 saturated heterocycles. The first-order valence-corrected chi connectivity index (χ1v) is 6.66. The molecule has 0 aromatic heterocycles. The lowest BCUT2D eigenvalue weighted by Crippen LogP contribution is -2.05. The summed E-state index contributed by atoms with van der Waals surface area (Å²) in [5.41, 5.74) is 2.36. The minimum absolute atomic E-state index is 0.307. The van der Waals surface area contributed by atoms with Crippen LogP contribution in [0.3, 0.4) is 0 Å². The maximum Gasteiger partial charge on any atom is 0.416 e. The Morgan fingerprint density at radius 3 is 2.59 bits per heavy atom. The molecule has 5 heteroatoms. The molecule has 112 valence electrons. The second-order valence-corrected chi connectivity index (χ2v) is 5.18. The minimum atomic E-state index is -4.40. The summed E-state index contributed by atoms with van der Waals surface area (Å²) in [4.78, 5) is 12.0. The van der Waals surface area contributed by atoms with Gasteiger partial charge in [-0.3, -0.25) is 4.79 Å². The number of benzene rings is 2. The smallest absolute Gasteiger partial charge is 0.321 e. The number of alkyl halides is 3. The number of aryl methyl sites for hydroxylation is 1. The van der Waals surface area contributed by atoms with E-state index in [2.05, 4.69) is 5.32 Å². The van der Waals surface area contributed by atoms with Gasteiger partial charge in [0.15, 0.2) is 0 Å². The molecule has 2 nitrogen and oxygen atoms in total. The van der Waals surface area contributed by atoms with Crippen LogP contribution in [0.1, 0.15) is 22.3 Å². The molecule has 1 heterocycles. The molecule has 0 bridgehead atoms. The van der Waals surface area contributed by atoms with Crippen LogP contribution >= 0.6 is 0 Å². The topological polar surface area (TPSA) is 29.1 Å². The number of nitrogens with one attached hydrogen (secondary N) is 1.